The van der Waals surface area contributed by atoms with Crippen molar-refractivity contribution in [3.8, 4) is 0 Å². The number of imidazole rings is 1. The number of hydrogen-bond acceptors (Lipinski definition) is 5. The highest BCUT2D eigenvalue weighted by molar-refractivity contribution is 7.89. The molecule has 2 rings (SSSR count). The minimum absolute atomic E-state index is 0.126. The Kier molecular flexibility index (Phi) is 4.34. The summed E-state index contributed by atoms with van der Waals surface area (Å²) in [6.07, 6.45) is 3.63. The number of aromatic amines is 1. The first-order valence-corrected chi connectivity index (χ1v) is 7.61. The number of nitro groups is 1. The summed E-state index contributed by atoms with van der Waals surface area (Å²) in [6, 6.07) is 3.82. The minimum Gasteiger partial charge on any atom is -0.349 e. The first-order valence-electron chi connectivity index (χ1n) is 6.13. The molecule has 0 atom stereocenters. The number of H-pyrrole nitrogens is 1. The fourth-order valence-electron chi connectivity index (χ4n) is 1.77. The zero-order chi connectivity index (χ0) is 15.5. The molecule has 0 spiro atoms. The molecule has 0 saturated heterocycles. The number of nitro benzene ring substituents is 1. The first kappa shape index (κ1) is 15.1. The molecule has 0 radical (unpaired) electrons. The lowest BCUT2D eigenvalue weighted by atomic mass is 10.2. The van der Waals surface area contributed by atoms with Gasteiger partial charge in [-0.25, -0.2) is 18.1 Å². The molecule has 0 aliphatic carbocycles. The monoisotopic (exact) mass is 310 g/mol. The number of hydrogen-bond donors (Lipinski definition) is 2. The van der Waals surface area contributed by atoms with Crippen LogP contribution in [0.3, 0.4) is 0 Å². The molecule has 9 heteroatoms. The van der Waals surface area contributed by atoms with E-state index in [1.807, 2.05) is 0 Å². The normalized spacial score (nSPS) is 11.5. The molecule has 0 aliphatic heterocycles. The van der Waals surface area contributed by atoms with Gasteiger partial charge in [0.05, 0.1) is 9.82 Å². The van der Waals surface area contributed by atoms with E-state index in [0.717, 1.165) is 6.07 Å². The molecule has 0 bridgehead atoms. The van der Waals surface area contributed by atoms with Crippen LogP contribution in [0.1, 0.15) is 11.4 Å². The molecule has 2 N–H and O–H groups in total. The SMILES string of the molecule is Cc1ccc(S(=O)(=O)NCCc2ncc[nH]2)cc1[N+](=O)[O-]. The summed E-state index contributed by atoms with van der Waals surface area (Å²) in [4.78, 5) is 17.0. The molecular formula is C12H14N4O4S. The second-order valence-corrected chi connectivity index (χ2v) is 6.16. The predicted molar refractivity (Wildman–Crippen MR) is 75.3 cm³/mol. The number of sulfonamides is 1. The van der Waals surface area contributed by atoms with Gasteiger partial charge in [-0.3, -0.25) is 10.1 Å². The molecule has 0 fully saturated rings. The van der Waals surface area contributed by atoms with E-state index in [9.17, 15) is 18.5 Å². The Labute approximate surface area is 121 Å². The maximum Gasteiger partial charge on any atom is 0.273 e. The Morgan fingerprint density at radius 1 is 1.43 bits per heavy atom. The topological polar surface area (TPSA) is 118 Å². The standard InChI is InChI=1S/C12H14N4O4S/c1-9-2-3-10(8-11(9)16(17)18)21(19,20)15-5-4-12-13-6-7-14-12/h2-3,6-8,15H,4-5H2,1H3,(H,13,14). The number of aromatic nitrogens is 2. The number of nitrogens with zero attached hydrogens (tertiary/aromatic N) is 2. The fourth-order valence-corrected chi connectivity index (χ4v) is 2.83. The Morgan fingerprint density at radius 2 is 2.19 bits per heavy atom. The van der Waals surface area contributed by atoms with Crippen LogP contribution >= 0.6 is 0 Å². The maximum atomic E-state index is 12.1. The van der Waals surface area contributed by atoms with Gasteiger partial charge in [-0.2, -0.15) is 0 Å². The van der Waals surface area contributed by atoms with Crippen molar-refractivity contribution in [2.45, 2.75) is 18.2 Å². The first-order chi connectivity index (χ1) is 9.90. The highest BCUT2D eigenvalue weighted by Crippen LogP contribution is 2.21. The molecule has 0 amide bonds. The van der Waals surface area contributed by atoms with Crippen LogP contribution in [0.25, 0.3) is 0 Å². The third-order valence-electron chi connectivity index (χ3n) is 2.90. The third kappa shape index (κ3) is 3.64. The van der Waals surface area contributed by atoms with Crippen molar-refractivity contribution in [2.24, 2.45) is 0 Å². The molecule has 0 aliphatic rings. The van der Waals surface area contributed by atoms with E-state index in [2.05, 4.69) is 14.7 Å². The van der Waals surface area contributed by atoms with Gasteiger partial charge in [0.15, 0.2) is 0 Å². The molecular weight excluding hydrogens is 296 g/mol. The molecule has 1 aromatic heterocycles. The van der Waals surface area contributed by atoms with E-state index in [-0.39, 0.29) is 17.1 Å². The van der Waals surface area contributed by atoms with Crippen molar-refractivity contribution in [3.63, 3.8) is 0 Å². The average Bonchev–Trinajstić information content (AvgIpc) is 2.91. The fraction of sp³-hybridized carbons (Fsp3) is 0.250. The average molecular weight is 310 g/mol. The smallest absolute Gasteiger partial charge is 0.273 e. The summed E-state index contributed by atoms with van der Waals surface area (Å²) in [7, 11) is -3.78. The minimum atomic E-state index is -3.78. The van der Waals surface area contributed by atoms with Crippen LogP contribution in [0.5, 0.6) is 0 Å². The van der Waals surface area contributed by atoms with Crippen LogP contribution in [-0.2, 0) is 16.4 Å². The Morgan fingerprint density at radius 3 is 2.81 bits per heavy atom. The lowest BCUT2D eigenvalue weighted by Gasteiger charge is -2.06. The van der Waals surface area contributed by atoms with Crippen LogP contribution in [0.2, 0.25) is 0 Å². The Hall–Kier alpha value is -2.26. The lowest BCUT2D eigenvalue weighted by Crippen LogP contribution is -2.26. The van der Waals surface area contributed by atoms with Gasteiger partial charge in [-0.15, -0.1) is 0 Å². The van der Waals surface area contributed by atoms with Gasteiger partial charge in [0, 0.05) is 37.0 Å². The molecule has 1 aromatic carbocycles. The summed E-state index contributed by atoms with van der Waals surface area (Å²) < 4.78 is 26.6. The van der Waals surface area contributed by atoms with Gasteiger partial charge in [-0.05, 0) is 13.0 Å². The van der Waals surface area contributed by atoms with Gasteiger partial charge >= 0.3 is 0 Å². The summed E-state index contributed by atoms with van der Waals surface area (Å²) in [5.41, 5.74) is 0.193. The van der Waals surface area contributed by atoms with Crippen LogP contribution < -0.4 is 4.72 Å². The van der Waals surface area contributed by atoms with Crippen molar-refractivity contribution >= 4 is 15.7 Å². The van der Waals surface area contributed by atoms with Crippen molar-refractivity contribution < 1.29 is 13.3 Å². The number of nitrogens with one attached hydrogen (secondary N) is 2. The van der Waals surface area contributed by atoms with E-state index in [0.29, 0.717) is 17.8 Å². The summed E-state index contributed by atoms with van der Waals surface area (Å²) >= 11 is 0. The molecule has 1 heterocycles. The van der Waals surface area contributed by atoms with Crippen molar-refractivity contribution in [3.05, 3.63) is 52.1 Å². The number of benzene rings is 1. The third-order valence-corrected chi connectivity index (χ3v) is 4.36. The van der Waals surface area contributed by atoms with Gasteiger partial charge in [0.1, 0.15) is 5.82 Å². The summed E-state index contributed by atoms with van der Waals surface area (Å²) in [5.74, 6) is 0.660. The molecule has 112 valence electrons. The van der Waals surface area contributed by atoms with Gasteiger partial charge in [0.25, 0.3) is 5.69 Å². The predicted octanol–water partition coefficient (Wildman–Crippen LogP) is 1.15. The zero-order valence-electron chi connectivity index (χ0n) is 11.2. The van der Waals surface area contributed by atoms with E-state index in [1.165, 1.54) is 12.1 Å². The van der Waals surface area contributed by atoms with Crippen molar-refractivity contribution in [1.82, 2.24) is 14.7 Å². The van der Waals surface area contributed by atoms with E-state index in [1.54, 1.807) is 19.3 Å². The van der Waals surface area contributed by atoms with Crippen LogP contribution in [0.4, 0.5) is 5.69 Å². The number of aryl methyl sites for hydroxylation is 1. The van der Waals surface area contributed by atoms with Crippen molar-refractivity contribution in [2.75, 3.05) is 6.54 Å². The van der Waals surface area contributed by atoms with Crippen LogP contribution in [0, 0.1) is 17.0 Å². The number of rotatable bonds is 6. The van der Waals surface area contributed by atoms with Gasteiger partial charge in [0.2, 0.25) is 10.0 Å². The van der Waals surface area contributed by atoms with E-state index >= 15 is 0 Å². The van der Waals surface area contributed by atoms with E-state index < -0.39 is 14.9 Å². The Balaban J connectivity index is 2.12. The van der Waals surface area contributed by atoms with Crippen molar-refractivity contribution in [1.29, 1.82) is 0 Å². The van der Waals surface area contributed by atoms with Crippen LogP contribution in [-0.4, -0.2) is 29.9 Å². The lowest BCUT2D eigenvalue weighted by molar-refractivity contribution is -0.385. The zero-order valence-corrected chi connectivity index (χ0v) is 12.1. The van der Waals surface area contributed by atoms with Gasteiger partial charge in [-0.1, -0.05) is 6.07 Å². The van der Waals surface area contributed by atoms with Gasteiger partial charge < -0.3 is 4.98 Å². The maximum absolute atomic E-state index is 12.1. The molecule has 2 aromatic rings. The van der Waals surface area contributed by atoms with Crippen LogP contribution in [0.15, 0.2) is 35.5 Å². The quantitative estimate of drug-likeness (QED) is 0.613. The summed E-state index contributed by atoms with van der Waals surface area (Å²) in [5, 5.41) is 10.8. The second kappa shape index (κ2) is 6.02. The molecule has 21 heavy (non-hydrogen) atoms. The second-order valence-electron chi connectivity index (χ2n) is 4.39. The molecule has 0 saturated carbocycles. The largest absolute Gasteiger partial charge is 0.349 e. The summed E-state index contributed by atoms with van der Waals surface area (Å²) in [6.45, 7) is 1.70. The molecule has 8 nitrogen and oxygen atoms in total. The Bertz CT molecular complexity index is 741. The van der Waals surface area contributed by atoms with E-state index in [4.69, 9.17) is 0 Å². The highest BCUT2D eigenvalue weighted by atomic mass is 32.2. The highest BCUT2D eigenvalue weighted by Gasteiger charge is 2.19. The molecule has 0 unspecified atom stereocenters.